The highest BCUT2D eigenvalue weighted by molar-refractivity contribution is 14.1. The zero-order valence-electron chi connectivity index (χ0n) is 15.4. The number of nitrogens with zero attached hydrogens (tertiary/aromatic N) is 1. The number of anilines is 1. The van der Waals surface area contributed by atoms with Crippen LogP contribution in [0.5, 0.6) is 0 Å². The Morgan fingerprint density at radius 2 is 1.92 bits per heavy atom. The van der Waals surface area contributed by atoms with Gasteiger partial charge in [-0.2, -0.15) is 0 Å². The molecule has 25 heavy (non-hydrogen) atoms. The molecule has 1 aromatic rings. The van der Waals surface area contributed by atoms with Gasteiger partial charge >= 0.3 is 6.09 Å². The number of benzene rings is 1. The molecule has 0 unspecified atom stereocenters. The van der Waals surface area contributed by atoms with E-state index in [0.717, 1.165) is 15.7 Å². The molecule has 138 valence electrons. The molecule has 1 aliphatic rings. The van der Waals surface area contributed by atoms with Gasteiger partial charge < -0.3 is 15.0 Å². The number of likely N-dealkylation sites (tertiary alicyclic amines) is 1. The summed E-state index contributed by atoms with van der Waals surface area (Å²) in [5.41, 5.74) is 1.62. The van der Waals surface area contributed by atoms with E-state index in [0.29, 0.717) is 25.9 Å². The summed E-state index contributed by atoms with van der Waals surface area (Å²) >= 11 is 2.25. The number of halogens is 1. The van der Waals surface area contributed by atoms with Crippen molar-refractivity contribution in [1.82, 2.24) is 4.90 Å². The molecule has 0 bridgehead atoms. The average molecular weight is 458 g/mol. The molecular formula is C19H27IN2O3. The van der Waals surface area contributed by atoms with Gasteiger partial charge in [0, 0.05) is 22.6 Å². The molecule has 1 heterocycles. The van der Waals surface area contributed by atoms with Gasteiger partial charge in [-0.15, -0.1) is 0 Å². The largest absolute Gasteiger partial charge is 0.444 e. The normalized spacial score (nSPS) is 15.8. The summed E-state index contributed by atoms with van der Waals surface area (Å²) in [4.78, 5) is 26.3. The van der Waals surface area contributed by atoms with E-state index in [1.165, 1.54) is 5.56 Å². The summed E-state index contributed by atoms with van der Waals surface area (Å²) in [7, 11) is 0. The van der Waals surface area contributed by atoms with E-state index >= 15 is 0 Å². The fourth-order valence-electron chi connectivity index (χ4n) is 2.77. The standard InChI is InChI=1S/C19H27IN2O3/c1-5-13-6-7-16(15(20)12-13)21-17(23)14-8-10-22(11-9-14)18(24)25-19(2,3)4/h6-7,12,14H,5,8-11H2,1-4H3,(H,21,23). The van der Waals surface area contributed by atoms with Crippen LogP contribution in [0.15, 0.2) is 18.2 Å². The van der Waals surface area contributed by atoms with Crippen molar-refractivity contribution >= 4 is 40.3 Å². The first-order valence-corrected chi connectivity index (χ1v) is 9.84. The van der Waals surface area contributed by atoms with Crippen LogP contribution in [-0.4, -0.2) is 35.6 Å². The fraction of sp³-hybridized carbons (Fsp3) is 0.579. The van der Waals surface area contributed by atoms with Crippen molar-refractivity contribution in [3.8, 4) is 0 Å². The summed E-state index contributed by atoms with van der Waals surface area (Å²) in [5.74, 6) is -0.0358. The van der Waals surface area contributed by atoms with Gasteiger partial charge in [0.25, 0.3) is 0 Å². The summed E-state index contributed by atoms with van der Waals surface area (Å²) in [6.45, 7) is 8.80. The Bertz CT molecular complexity index is 632. The predicted molar refractivity (Wildman–Crippen MR) is 108 cm³/mol. The first kappa shape index (κ1) is 20.0. The third-order valence-corrected chi connectivity index (χ3v) is 5.11. The highest BCUT2D eigenvalue weighted by Crippen LogP contribution is 2.24. The Labute approximate surface area is 163 Å². The lowest BCUT2D eigenvalue weighted by Gasteiger charge is -2.33. The van der Waals surface area contributed by atoms with Crippen LogP contribution in [0.1, 0.15) is 46.1 Å². The SMILES string of the molecule is CCc1ccc(NC(=O)C2CCN(C(=O)OC(C)(C)C)CC2)c(I)c1. The van der Waals surface area contributed by atoms with Crippen molar-refractivity contribution < 1.29 is 14.3 Å². The van der Waals surface area contributed by atoms with E-state index in [-0.39, 0.29) is 17.9 Å². The number of carbonyl (C=O) groups is 2. The average Bonchev–Trinajstić information content (AvgIpc) is 2.55. The Morgan fingerprint density at radius 1 is 1.28 bits per heavy atom. The third kappa shape index (κ3) is 5.87. The maximum atomic E-state index is 12.5. The van der Waals surface area contributed by atoms with Crippen molar-refractivity contribution in [2.75, 3.05) is 18.4 Å². The van der Waals surface area contributed by atoms with Crippen molar-refractivity contribution in [3.63, 3.8) is 0 Å². The summed E-state index contributed by atoms with van der Waals surface area (Å²) in [6, 6.07) is 6.11. The van der Waals surface area contributed by atoms with E-state index in [9.17, 15) is 9.59 Å². The summed E-state index contributed by atoms with van der Waals surface area (Å²) < 4.78 is 6.44. The number of nitrogens with one attached hydrogen (secondary N) is 1. The second-order valence-electron chi connectivity index (χ2n) is 7.40. The van der Waals surface area contributed by atoms with Crippen molar-refractivity contribution in [2.24, 2.45) is 5.92 Å². The number of hydrogen-bond donors (Lipinski definition) is 1. The molecule has 1 aromatic carbocycles. The number of carbonyl (C=O) groups excluding carboxylic acids is 2. The van der Waals surface area contributed by atoms with Gasteiger partial charge in [0.05, 0.1) is 5.69 Å². The van der Waals surface area contributed by atoms with Gasteiger partial charge in [0.1, 0.15) is 5.60 Å². The third-order valence-electron chi connectivity index (χ3n) is 4.22. The van der Waals surface area contributed by atoms with Crippen LogP contribution in [0.25, 0.3) is 0 Å². The number of hydrogen-bond acceptors (Lipinski definition) is 3. The van der Waals surface area contributed by atoms with Crippen molar-refractivity contribution in [1.29, 1.82) is 0 Å². The van der Waals surface area contributed by atoms with Gasteiger partial charge in [0.2, 0.25) is 5.91 Å². The molecule has 0 saturated carbocycles. The molecule has 0 aliphatic carbocycles. The fourth-order valence-corrected chi connectivity index (χ4v) is 3.48. The Hall–Kier alpha value is -1.31. The Balaban J connectivity index is 1.88. The molecule has 0 atom stereocenters. The lowest BCUT2D eigenvalue weighted by molar-refractivity contribution is -0.121. The maximum absolute atomic E-state index is 12.5. The van der Waals surface area contributed by atoms with Crippen LogP contribution in [0.3, 0.4) is 0 Å². The minimum atomic E-state index is -0.493. The van der Waals surface area contributed by atoms with E-state index in [1.807, 2.05) is 32.9 Å². The van der Waals surface area contributed by atoms with Crippen LogP contribution >= 0.6 is 22.6 Å². The lowest BCUT2D eigenvalue weighted by atomic mass is 9.96. The molecule has 1 saturated heterocycles. The van der Waals surface area contributed by atoms with E-state index in [1.54, 1.807) is 4.90 Å². The number of piperidine rings is 1. The number of ether oxygens (including phenoxy) is 1. The zero-order valence-corrected chi connectivity index (χ0v) is 17.6. The zero-order chi connectivity index (χ0) is 18.6. The minimum Gasteiger partial charge on any atom is -0.444 e. The number of amides is 2. The highest BCUT2D eigenvalue weighted by Gasteiger charge is 2.30. The van der Waals surface area contributed by atoms with Gasteiger partial charge in [-0.25, -0.2) is 4.79 Å². The summed E-state index contributed by atoms with van der Waals surface area (Å²) in [5, 5.41) is 3.03. The smallest absolute Gasteiger partial charge is 0.410 e. The molecule has 6 heteroatoms. The topological polar surface area (TPSA) is 58.6 Å². The van der Waals surface area contributed by atoms with Gasteiger partial charge in [-0.1, -0.05) is 13.0 Å². The van der Waals surface area contributed by atoms with Crippen LogP contribution in [0.4, 0.5) is 10.5 Å². The first-order chi connectivity index (χ1) is 11.7. The molecule has 0 radical (unpaired) electrons. The van der Waals surface area contributed by atoms with Crippen LogP contribution in [0, 0.1) is 9.49 Å². The molecule has 2 rings (SSSR count). The highest BCUT2D eigenvalue weighted by atomic mass is 127. The maximum Gasteiger partial charge on any atom is 0.410 e. The monoisotopic (exact) mass is 458 g/mol. The van der Waals surface area contributed by atoms with Crippen molar-refractivity contribution in [2.45, 2.75) is 52.6 Å². The quantitative estimate of drug-likeness (QED) is 0.682. The minimum absolute atomic E-state index is 0.0333. The number of aryl methyl sites for hydroxylation is 1. The second kappa shape index (κ2) is 8.38. The van der Waals surface area contributed by atoms with E-state index < -0.39 is 5.60 Å². The van der Waals surface area contributed by atoms with E-state index in [4.69, 9.17) is 4.74 Å². The molecule has 0 spiro atoms. The lowest BCUT2D eigenvalue weighted by Crippen LogP contribution is -2.43. The predicted octanol–water partition coefficient (Wildman–Crippen LogP) is 4.44. The molecule has 5 nitrogen and oxygen atoms in total. The second-order valence-corrected chi connectivity index (χ2v) is 8.56. The van der Waals surface area contributed by atoms with Crippen LogP contribution in [0.2, 0.25) is 0 Å². The molecule has 1 N–H and O–H groups in total. The number of rotatable bonds is 3. The Morgan fingerprint density at radius 3 is 2.44 bits per heavy atom. The van der Waals surface area contributed by atoms with Crippen molar-refractivity contribution in [3.05, 3.63) is 27.3 Å². The molecule has 1 aliphatic heterocycles. The van der Waals surface area contributed by atoms with Gasteiger partial charge in [0.15, 0.2) is 0 Å². The van der Waals surface area contributed by atoms with Crippen LogP contribution < -0.4 is 5.32 Å². The van der Waals surface area contributed by atoms with Gasteiger partial charge in [-0.3, -0.25) is 4.79 Å². The van der Waals surface area contributed by atoms with E-state index in [2.05, 4.69) is 40.9 Å². The Kier molecular flexibility index (Phi) is 6.71. The van der Waals surface area contributed by atoms with Crippen LogP contribution in [-0.2, 0) is 16.0 Å². The summed E-state index contributed by atoms with van der Waals surface area (Å²) in [6.07, 6.45) is 2.01. The molecule has 0 aromatic heterocycles. The first-order valence-electron chi connectivity index (χ1n) is 8.77. The van der Waals surface area contributed by atoms with Gasteiger partial charge in [-0.05, 0) is 80.3 Å². The molecule has 2 amide bonds. The molecular weight excluding hydrogens is 431 g/mol. The molecule has 1 fully saturated rings.